The van der Waals surface area contributed by atoms with E-state index in [1.807, 2.05) is 30.3 Å². The van der Waals surface area contributed by atoms with E-state index in [2.05, 4.69) is 0 Å². The van der Waals surface area contributed by atoms with Gasteiger partial charge in [0, 0.05) is 23.3 Å². The Hall–Kier alpha value is -2.29. The Morgan fingerprint density at radius 2 is 2.07 bits per heavy atom. The molecule has 0 aromatic heterocycles. The quantitative estimate of drug-likeness (QED) is 0.302. The van der Waals surface area contributed by atoms with Crippen LogP contribution in [0.25, 0.3) is 0 Å². The van der Waals surface area contributed by atoms with Gasteiger partial charge in [0.1, 0.15) is 12.2 Å². The molecule has 0 bridgehead atoms. The largest absolute Gasteiger partial charge is 0.463 e. The highest BCUT2D eigenvalue weighted by molar-refractivity contribution is 5.88. The third kappa shape index (κ3) is 6.13. The molecule has 27 heavy (non-hydrogen) atoms. The average molecular weight is 379 g/mol. The van der Waals surface area contributed by atoms with E-state index in [1.54, 1.807) is 13.8 Å². The highest BCUT2D eigenvalue weighted by atomic mass is 16.8. The summed E-state index contributed by atoms with van der Waals surface area (Å²) in [5.41, 5.74) is 1.14. The number of carbonyl (C=O) groups excluding carboxylic acids is 1. The number of nitrogens with zero attached hydrogens (tertiary/aromatic N) is 1. The predicted octanol–water partition coefficient (Wildman–Crippen LogP) is 1.88. The Kier molecular flexibility index (Phi) is 7.46. The van der Waals surface area contributed by atoms with E-state index in [4.69, 9.17) is 14.2 Å². The summed E-state index contributed by atoms with van der Waals surface area (Å²) in [5, 5.41) is 20.3. The fourth-order valence-electron chi connectivity index (χ4n) is 3.00. The molecule has 3 unspecified atom stereocenters. The first kappa shape index (κ1) is 21.0. The molecular formula is C19H25NO7. The zero-order valence-electron chi connectivity index (χ0n) is 15.5. The number of ether oxygens (including phenoxy) is 3. The highest BCUT2D eigenvalue weighted by Gasteiger charge is 2.43. The lowest BCUT2D eigenvalue weighted by Gasteiger charge is -2.23. The molecule has 1 aliphatic heterocycles. The molecule has 1 fully saturated rings. The lowest BCUT2D eigenvalue weighted by atomic mass is 10.1. The number of nitro groups is 1. The van der Waals surface area contributed by atoms with Crippen molar-refractivity contribution >= 4 is 5.97 Å². The van der Waals surface area contributed by atoms with Crippen molar-refractivity contribution in [3.63, 3.8) is 0 Å². The molecular weight excluding hydrogens is 354 g/mol. The summed E-state index contributed by atoms with van der Waals surface area (Å²) in [6.07, 6.45) is 0.449. The molecule has 0 aliphatic carbocycles. The standard InChI is InChI=1S/C19H25NO7/c1-3-25-18(22)15(9-10-20(23)24)11-16-17(13-21)27-19(2,26-16)12-14-7-5-4-6-8-14/h4-8,11,16-17,21H,3,9-10,12-13H2,1-2H3/b15-11+. The van der Waals surface area contributed by atoms with E-state index in [9.17, 15) is 20.0 Å². The van der Waals surface area contributed by atoms with Gasteiger partial charge >= 0.3 is 5.97 Å². The van der Waals surface area contributed by atoms with Gasteiger partial charge in [0.25, 0.3) is 0 Å². The lowest BCUT2D eigenvalue weighted by molar-refractivity contribution is -0.479. The summed E-state index contributed by atoms with van der Waals surface area (Å²) < 4.78 is 16.8. The summed E-state index contributed by atoms with van der Waals surface area (Å²) in [7, 11) is 0. The molecule has 1 saturated heterocycles. The molecule has 0 radical (unpaired) electrons. The summed E-state index contributed by atoms with van der Waals surface area (Å²) in [6.45, 7) is 2.87. The number of aliphatic hydroxyl groups excluding tert-OH is 1. The smallest absolute Gasteiger partial charge is 0.334 e. The monoisotopic (exact) mass is 379 g/mol. The minimum Gasteiger partial charge on any atom is -0.463 e. The van der Waals surface area contributed by atoms with Crippen molar-refractivity contribution in [2.24, 2.45) is 0 Å². The van der Waals surface area contributed by atoms with Crippen LogP contribution in [-0.4, -0.2) is 53.8 Å². The molecule has 148 valence electrons. The van der Waals surface area contributed by atoms with Gasteiger partial charge in [-0.05, 0) is 25.5 Å². The number of hydrogen-bond acceptors (Lipinski definition) is 7. The van der Waals surface area contributed by atoms with E-state index in [-0.39, 0.29) is 25.2 Å². The van der Waals surface area contributed by atoms with Crippen molar-refractivity contribution in [3.05, 3.63) is 57.7 Å². The molecule has 0 spiro atoms. The summed E-state index contributed by atoms with van der Waals surface area (Å²) >= 11 is 0. The SMILES string of the molecule is CCOC(=O)/C(=C/C1OC(C)(Cc2ccccc2)OC1CO)CC[N+](=O)[O-]. The molecule has 1 aromatic rings. The van der Waals surface area contributed by atoms with Gasteiger partial charge in [-0.15, -0.1) is 0 Å². The van der Waals surface area contributed by atoms with Crippen LogP contribution in [0, 0.1) is 10.1 Å². The molecule has 1 heterocycles. The number of rotatable bonds is 9. The molecule has 8 heteroatoms. The van der Waals surface area contributed by atoms with Gasteiger partial charge in [0.15, 0.2) is 5.79 Å². The van der Waals surface area contributed by atoms with Gasteiger partial charge in [0.05, 0.1) is 13.2 Å². The normalized spacial score (nSPS) is 25.4. The minimum absolute atomic E-state index is 0.0841. The number of hydrogen-bond donors (Lipinski definition) is 1. The number of carbonyl (C=O) groups is 1. The fraction of sp³-hybridized carbons (Fsp3) is 0.526. The van der Waals surface area contributed by atoms with Crippen molar-refractivity contribution < 1.29 is 29.0 Å². The van der Waals surface area contributed by atoms with E-state index in [1.165, 1.54) is 6.08 Å². The molecule has 0 amide bonds. The Morgan fingerprint density at radius 1 is 1.37 bits per heavy atom. The van der Waals surface area contributed by atoms with E-state index < -0.39 is 35.4 Å². The maximum absolute atomic E-state index is 12.1. The van der Waals surface area contributed by atoms with Gasteiger partial charge in [0.2, 0.25) is 6.54 Å². The van der Waals surface area contributed by atoms with Crippen LogP contribution in [0.2, 0.25) is 0 Å². The van der Waals surface area contributed by atoms with E-state index in [0.29, 0.717) is 6.42 Å². The highest BCUT2D eigenvalue weighted by Crippen LogP contribution is 2.33. The zero-order valence-corrected chi connectivity index (χ0v) is 15.5. The summed E-state index contributed by atoms with van der Waals surface area (Å²) in [4.78, 5) is 22.3. The van der Waals surface area contributed by atoms with Crippen LogP contribution in [0.3, 0.4) is 0 Å². The van der Waals surface area contributed by atoms with Crippen LogP contribution in [0.4, 0.5) is 0 Å². The van der Waals surface area contributed by atoms with Crippen molar-refractivity contribution in [1.29, 1.82) is 0 Å². The number of benzene rings is 1. The van der Waals surface area contributed by atoms with Crippen LogP contribution in [0.1, 0.15) is 25.8 Å². The van der Waals surface area contributed by atoms with Crippen LogP contribution in [0.15, 0.2) is 42.0 Å². The van der Waals surface area contributed by atoms with Crippen LogP contribution in [0.5, 0.6) is 0 Å². The maximum Gasteiger partial charge on any atom is 0.334 e. The van der Waals surface area contributed by atoms with Crippen molar-refractivity contribution in [2.45, 2.75) is 44.7 Å². The minimum atomic E-state index is -0.987. The Labute approximate surface area is 157 Å². The Morgan fingerprint density at radius 3 is 2.67 bits per heavy atom. The van der Waals surface area contributed by atoms with Gasteiger partial charge < -0.3 is 19.3 Å². The summed E-state index contributed by atoms with van der Waals surface area (Å²) in [6, 6.07) is 9.60. The molecule has 2 rings (SSSR count). The molecule has 1 aromatic carbocycles. The van der Waals surface area contributed by atoms with Gasteiger partial charge in [-0.3, -0.25) is 10.1 Å². The second kappa shape index (κ2) is 9.59. The molecule has 8 nitrogen and oxygen atoms in total. The summed E-state index contributed by atoms with van der Waals surface area (Å²) in [5.74, 6) is -1.62. The topological polar surface area (TPSA) is 108 Å². The van der Waals surface area contributed by atoms with E-state index in [0.717, 1.165) is 5.56 Å². The zero-order chi connectivity index (χ0) is 19.9. The third-order valence-corrected chi connectivity index (χ3v) is 4.17. The van der Waals surface area contributed by atoms with Crippen LogP contribution in [-0.2, 0) is 25.4 Å². The van der Waals surface area contributed by atoms with E-state index >= 15 is 0 Å². The number of esters is 1. The van der Waals surface area contributed by atoms with Gasteiger partial charge in [-0.25, -0.2) is 4.79 Å². The second-order valence-electron chi connectivity index (χ2n) is 6.44. The third-order valence-electron chi connectivity index (χ3n) is 4.17. The molecule has 0 saturated carbocycles. The maximum atomic E-state index is 12.1. The first-order valence-corrected chi connectivity index (χ1v) is 8.87. The average Bonchev–Trinajstić information content (AvgIpc) is 2.94. The first-order chi connectivity index (χ1) is 12.9. The lowest BCUT2D eigenvalue weighted by Crippen LogP contribution is -2.30. The fourth-order valence-corrected chi connectivity index (χ4v) is 3.00. The first-order valence-electron chi connectivity index (χ1n) is 8.87. The Bertz CT molecular complexity index is 676. The predicted molar refractivity (Wildman–Crippen MR) is 96.6 cm³/mol. The van der Waals surface area contributed by atoms with Crippen molar-refractivity contribution in [3.8, 4) is 0 Å². The van der Waals surface area contributed by atoms with Crippen molar-refractivity contribution in [1.82, 2.24) is 0 Å². The van der Waals surface area contributed by atoms with Crippen LogP contribution >= 0.6 is 0 Å². The van der Waals surface area contributed by atoms with Crippen LogP contribution < -0.4 is 0 Å². The van der Waals surface area contributed by atoms with Crippen molar-refractivity contribution in [2.75, 3.05) is 19.8 Å². The van der Waals surface area contributed by atoms with Gasteiger partial charge in [-0.1, -0.05) is 30.3 Å². The van der Waals surface area contributed by atoms with Gasteiger partial charge in [-0.2, -0.15) is 0 Å². The molecule has 1 aliphatic rings. The Balaban J connectivity index is 2.18. The number of aliphatic hydroxyl groups is 1. The molecule has 1 N–H and O–H groups in total. The second-order valence-corrected chi connectivity index (χ2v) is 6.44. The molecule has 3 atom stereocenters.